The first-order valence-electron chi connectivity index (χ1n) is 16.8. The lowest BCUT2D eigenvalue weighted by molar-refractivity contribution is 0.0682. The lowest BCUT2D eigenvalue weighted by Gasteiger charge is -2.24. The number of aromatic hydroxyl groups is 2. The van der Waals surface area contributed by atoms with Gasteiger partial charge in [0, 0.05) is 35.7 Å². The number of methoxy groups -OCH3 is 1. The molecule has 0 aliphatic rings. The van der Waals surface area contributed by atoms with Crippen molar-refractivity contribution in [2.45, 2.75) is 39.2 Å². The van der Waals surface area contributed by atoms with Crippen molar-refractivity contribution in [1.29, 1.82) is 0 Å². The summed E-state index contributed by atoms with van der Waals surface area (Å²) in [5, 5.41) is 54.4. The summed E-state index contributed by atoms with van der Waals surface area (Å²) in [6.45, 7) is 6.94. The zero-order valence-electron chi connectivity index (χ0n) is 28.8. The lowest BCUT2D eigenvalue weighted by Crippen LogP contribution is -2.29. The van der Waals surface area contributed by atoms with Crippen LogP contribution in [0.25, 0.3) is 32.4 Å². The number of aliphatic hydroxyl groups excluding tert-OH is 1. The Hall–Kier alpha value is -5.71. The van der Waals surface area contributed by atoms with E-state index in [9.17, 15) is 35.1 Å². The van der Waals surface area contributed by atoms with Gasteiger partial charge in [-0.25, -0.2) is 9.59 Å². The maximum absolute atomic E-state index is 11.6. The number of aromatic nitrogens is 1. The molecule has 51 heavy (non-hydrogen) atoms. The molecule has 5 N–H and O–H groups in total. The van der Waals surface area contributed by atoms with E-state index in [0.717, 1.165) is 41.7 Å². The zero-order chi connectivity index (χ0) is 36.7. The Morgan fingerprint density at radius 2 is 1.35 bits per heavy atom. The van der Waals surface area contributed by atoms with Crippen LogP contribution in [0.1, 0.15) is 70.2 Å². The number of hydrogen-bond donors (Lipinski definition) is 5. The van der Waals surface area contributed by atoms with Crippen molar-refractivity contribution in [3.8, 4) is 17.2 Å². The number of benzene rings is 5. The van der Waals surface area contributed by atoms with Crippen LogP contribution in [0.4, 0.5) is 0 Å². The summed E-state index contributed by atoms with van der Waals surface area (Å²) < 4.78 is 5.29. The molecule has 0 spiro atoms. The number of hydrogen-bond acceptors (Lipinski definition) is 8. The molecule has 1 unspecified atom stereocenters. The minimum atomic E-state index is -1.28. The largest absolute Gasteiger partial charge is 0.507 e. The number of unbranched alkanes of at least 4 members (excludes halogenated alkanes) is 1. The standard InChI is InChI=1S/C23H16O6.C18H26N2O2/c24-20-16(14-7-3-1-5-12(14)9-18(20)22(26)27)11-17-15-8-4-2-6-13(15)10-19(21(17)25)23(28)29;1-4-6-11-20(5-2)13-18(21)15-9-10-19-17-8-7-14(22-3)12-16(15)17/h1-10,24-25H,11H2,(H,26,27)(H,28,29);7-10,12,18,21H,4-6,11,13H2,1-3H3. The van der Waals surface area contributed by atoms with Crippen molar-refractivity contribution in [1.82, 2.24) is 9.88 Å². The molecule has 0 saturated carbocycles. The van der Waals surface area contributed by atoms with Crippen molar-refractivity contribution in [2.24, 2.45) is 0 Å². The van der Waals surface area contributed by atoms with E-state index in [1.807, 2.05) is 24.3 Å². The average molecular weight is 691 g/mol. The number of phenols is 2. The molecule has 0 amide bonds. The van der Waals surface area contributed by atoms with Crippen LogP contribution in [0.15, 0.2) is 91.1 Å². The number of likely N-dealkylation sites (N-methyl/N-ethyl adjacent to an activating group) is 1. The highest BCUT2D eigenvalue weighted by molar-refractivity contribution is 6.02. The van der Waals surface area contributed by atoms with E-state index in [0.29, 0.717) is 39.2 Å². The SMILES string of the molecule is CCCCN(CC)CC(O)c1ccnc2ccc(OC)cc12.O=C(O)c1cc2ccccc2c(Cc2c(O)c(C(=O)O)cc3ccccc23)c1O. The lowest BCUT2D eigenvalue weighted by atomic mass is 9.90. The summed E-state index contributed by atoms with van der Waals surface area (Å²) in [4.78, 5) is 29.9. The molecule has 0 radical (unpaired) electrons. The second-order valence-electron chi connectivity index (χ2n) is 12.3. The molecule has 0 saturated heterocycles. The predicted octanol–water partition coefficient (Wildman–Crippen LogP) is 7.79. The van der Waals surface area contributed by atoms with Gasteiger partial charge in [0.15, 0.2) is 0 Å². The smallest absolute Gasteiger partial charge is 0.339 e. The number of aromatic carboxylic acids is 2. The van der Waals surface area contributed by atoms with Gasteiger partial charge in [0.25, 0.3) is 0 Å². The number of ether oxygens (including phenoxy) is 1. The van der Waals surface area contributed by atoms with Crippen LogP contribution in [0, 0.1) is 0 Å². The second-order valence-corrected chi connectivity index (χ2v) is 12.3. The first-order valence-corrected chi connectivity index (χ1v) is 16.8. The van der Waals surface area contributed by atoms with Crippen LogP contribution in [-0.2, 0) is 6.42 Å². The molecule has 0 bridgehead atoms. The van der Waals surface area contributed by atoms with Crippen molar-refractivity contribution in [3.05, 3.63) is 119 Å². The summed E-state index contributed by atoms with van der Waals surface area (Å²) in [6.07, 6.45) is 3.53. The van der Waals surface area contributed by atoms with Crippen LogP contribution < -0.4 is 4.74 Å². The second kappa shape index (κ2) is 16.3. The highest BCUT2D eigenvalue weighted by Crippen LogP contribution is 2.39. The molecule has 6 rings (SSSR count). The first-order chi connectivity index (χ1) is 24.6. The number of fused-ring (bicyclic) bond motifs is 3. The molecule has 1 aromatic heterocycles. The minimum absolute atomic E-state index is 0.0407. The Kier molecular flexibility index (Phi) is 11.7. The Morgan fingerprint density at radius 3 is 1.86 bits per heavy atom. The fraction of sp³-hybridized carbons (Fsp3) is 0.244. The normalized spacial score (nSPS) is 11.8. The van der Waals surface area contributed by atoms with E-state index in [-0.39, 0.29) is 17.5 Å². The fourth-order valence-electron chi connectivity index (χ4n) is 6.35. The van der Waals surface area contributed by atoms with Gasteiger partial charge in [-0.2, -0.15) is 0 Å². The fourth-order valence-corrected chi connectivity index (χ4v) is 6.35. The number of nitrogens with zero attached hydrogens (tertiary/aromatic N) is 2. The van der Waals surface area contributed by atoms with Gasteiger partial charge in [-0.05, 0) is 83.0 Å². The van der Waals surface area contributed by atoms with Gasteiger partial charge in [0.1, 0.15) is 28.4 Å². The van der Waals surface area contributed by atoms with Gasteiger partial charge in [0.05, 0.1) is 18.7 Å². The summed E-state index contributed by atoms with van der Waals surface area (Å²) in [6, 6.07) is 24.4. The van der Waals surface area contributed by atoms with Crippen LogP contribution >= 0.6 is 0 Å². The van der Waals surface area contributed by atoms with Gasteiger partial charge in [-0.1, -0.05) is 68.8 Å². The van der Waals surface area contributed by atoms with Crippen molar-refractivity contribution >= 4 is 44.4 Å². The molecular formula is C41H42N2O8. The maximum Gasteiger partial charge on any atom is 0.339 e. The van der Waals surface area contributed by atoms with Crippen molar-refractivity contribution in [3.63, 3.8) is 0 Å². The predicted molar refractivity (Wildman–Crippen MR) is 198 cm³/mol. The van der Waals surface area contributed by atoms with Crippen molar-refractivity contribution in [2.75, 3.05) is 26.7 Å². The topological polar surface area (TPSA) is 161 Å². The maximum atomic E-state index is 11.6. The van der Waals surface area contributed by atoms with E-state index < -0.39 is 29.5 Å². The number of carboxylic acids is 2. The van der Waals surface area contributed by atoms with Crippen molar-refractivity contribution < 1.29 is 39.9 Å². The van der Waals surface area contributed by atoms with Crippen LogP contribution in [0.5, 0.6) is 17.2 Å². The number of pyridine rings is 1. The third-order valence-electron chi connectivity index (χ3n) is 9.12. The molecular weight excluding hydrogens is 648 g/mol. The zero-order valence-corrected chi connectivity index (χ0v) is 28.8. The van der Waals surface area contributed by atoms with Gasteiger partial charge in [0.2, 0.25) is 0 Å². The first kappa shape index (κ1) is 36.6. The molecule has 0 fully saturated rings. The molecule has 6 aromatic rings. The Morgan fingerprint density at radius 1 is 0.784 bits per heavy atom. The van der Waals surface area contributed by atoms with E-state index in [4.69, 9.17) is 4.74 Å². The van der Waals surface area contributed by atoms with Crippen LogP contribution in [0.3, 0.4) is 0 Å². The van der Waals surface area contributed by atoms with E-state index >= 15 is 0 Å². The van der Waals surface area contributed by atoms with E-state index in [1.165, 1.54) is 18.6 Å². The van der Waals surface area contributed by atoms with Gasteiger partial charge < -0.3 is 35.2 Å². The Bertz CT molecular complexity index is 2100. The summed E-state index contributed by atoms with van der Waals surface area (Å²) >= 11 is 0. The minimum Gasteiger partial charge on any atom is -0.507 e. The number of carbonyl (C=O) groups is 2. The molecule has 1 atom stereocenters. The van der Waals surface area contributed by atoms with E-state index in [1.54, 1.807) is 61.8 Å². The highest BCUT2D eigenvalue weighted by atomic mass is 16.5. The monoisotopic (exact) mass is 690 g/mol. The molecule has 5 aromatic carbocycles. The number of aliphatic hydroxyl groups is 1. The third kappa shape index (κ3) is 8.03. The molecule has 0 aliphatic carbocycles. The molecule has 264 valence electrons. The average Bonchev–Trinajstić information content (AvgIpc) is 3.14. The summed E-state index contributed by atoms with van der Waals surface area (Å²) in [5.41, 5.74) is 1.91. The molecule has 10 nitrogen and oxygen atoms in total. The highest BCUT2D eigenvalue weighted by Gasteiger charge is 2.23. The number of rotatable bonds is 12. The molecule has 10 heteroatoms. The van der Waals surface area contributed by atoms with Gasteiger partial charge in [-0.3, -0.25) is 4.98 Å². The third-order valence-corrected chi connectivity index (χ3v) is 9.12. The van der Waals surface area contributed by atoms with Crippen LogP contribution in [-0.4, -0.2) is 74.1 Å². The van der Waals surface area contributed by atoms with E-state index in [2.05, 4.69) is 23.7 Å². The quantitative estimate of drug-likeness (QED) is 0.0857. The number of carboxylic acid groups (broad SMARTS) is 2. The van der Waals surface area contributed by atoms with Gasteiger partial charge >= 0.3 is 11.9 Å². The van der Waals surface area contributed by atoms with Crippen LogP contribution in [0.2, 0.25) is 0 Å². The van der Waals surface area contributed by atoms with Gasteiger partial charge in [-0.15, -0.1) is 0 Å². The Balaban J connectivity index is 0.000000206. The Labute approximate surface area is 295 Å². The molecule has 0 aliphatic heterocycles. The summed E-state index contributed by atoms with van der Waals surface area (Å²) in [7, 11) is 1.65. The summed E-state index contributed by atoms with van der Waals surface area (Å²) in [5.74, 6) is -2.57. The molecule has 1 heterocycles.